The van der Waals surface area contributed by atoms with Gasteiger partial charge in [-0.2, -0.15) is 0 Å². The van der Waals surface area contributed by atoms with E-state index in [0.29, 0.717) is 12.1 Å². The van der Waals surface area contributed by atoms with E-state index in [-0.39, 0.29) is 6.61 Å². The van der Waals surface area contributed by atoms with E-state index in [4.69, 9.17) is 0 Å². The number of aliphatic hydroxyl groups is 1. The molecule has 1 heterocycles. The van der Waals surface area contributed by atoms with Crippen molar-refractivity contribution in [3.8, 4) is 0 Å². The maximum atomic E-state index is 9.29. The predicted octanol–water partition coefficient (Wildman–Crippen LogP) is 1.13. The summed E-state index contributed by atoms with van der Waals surface area (Å²) < 4.78 is 1.98. The second-order valence-electron chi connectivity index (χ2n) is 5.76. The first-order valence-corrected chi connectivity index (χ1v) is 7.50. The van der Waals surface area contributed by atoms with E-state index in [1.165, 1.54) is 44.9 Å². The molecular formula is C13H23N5O. The van der Waals surface area contributed by atoms with Crippen molar-refractivity contribution in [1.82, 2.24) is 25.1 Å². The minimum atomic E-state index is 0.210. The van der Waals surface area contributed by atoms with Gasteiger partial charge in [0.1, 0.15) is 0 Å². The molecule has 2 aliphatic rings. The van der Waals surface area contributed by atoms with E-state index in [1.54, 1.807) is 0 Å². The highest BCUT2D eigenvalue weighted by Crippen LogP contribution is 2.34. The van der Waals surface area contributed by atoms with Gasteiger partial charge in [0, 0.05) is 12.6 Å². The second-order valence-corrected chi connectivity index (χ2v) is 5.76. The van der Waals surface area contributed by atoms with E-state index in [2.05, 4.69) is 20.4 Å². The van der Waals surface area contributed by atoms with Gasteiger partial charge in [0.2, 0.25) is 0 Å². The summed E-state index contributed by atoms with van der Waals surface area (Å²) in [7, 11) is 0. The van der Waals surface area contributed by atoms with Gasteiger partial charge in [-0.3, -0.25) is 4.90 Å². The van der Waals surface area contributed by atoms with Gasteiger partial charge in [-0.05, 0) is 36.1 Å². The quantitative estimate of drug-likeness (QED) is 0.835. The smallest absolute Gasteiger partial charge is 0.165 e. The maximum absolute atomic E-state index is 9.29. The van der Waals surface area contributed by atoms with Crippen LogP contribution >= 0.6 is 0 Å². The number of tetrazole rings is 1. The molecule has 1 aromatic rings. The molecule has 0 unspecified atom stereocenters. The third kappa shape index (κ3) is 3.12. The van der Waals surface area contributed by atoms with Crippen LogP contribution in [0.3, 0.4) is 0 Å². The van der Waals surface area contributed by atoms with Gasteiger partial charge in [-0.1, -0.05) is 19.3 Å². The molecule has 2 aliphatic carbocycles. The van der Waals surface area contributed by atoms with Gasteiger partial charge >= 0.3 is 0 Å². The molecule has 6 nitrogen and oxygen atoms in total. The highest BCUT2D eigenvalue weighted by atomic mass is 16.3. The summed E-state index contributed by atoms with van der Waals surface area (Å²) in [4.78, 5) is 2.36. The van der Waals surface area contributed by atoms with Crippen LogP contribution in [0.4, 0.5) is 0 Å². The molecule has 0 spiro atoms. The zero-order valence-electron chi connectivity index (χ0n) is 11.4. The van der Waals surface area contributed by atoms with E-state index >= 15 is 0 Å². The number of rotatable bonds is 6. The zero-order valence-corrected chi connectivity index (χ0v) is 11.4. The van der Waals surface area contributed by atoms with Gasteiger partial charge in [-0.15, -0.1) is 5.10 Å². The third-order valence-electron chi connectivity index (χ3n) is 4.28. The fourth-order valence-electron chi connectivity index (χ4n) is 3.07. The lowest BCUT2D eigenvalue weighted by molar-refractivity contribution is 0.113. The molecule has 1 N–H and O–H groups in total. The van der Waals surface area contributed by atoms with E-state index in [0.717, 1.165) is 18.9 Å². The molecule has 6 heteroatoms. The molecule has 0 aliphatic heterocycles. The molecule has 106 valence electrons. The summed E-state index contributed by atoms with van der Waals surface area (Å²) in [5.41, 5.74) is 0. The molecule has 0 radical (unpaired) electrons. The minimum absolute atomic E-state index is 0.210. The monoisotopic (exact) mass is 265 g/mol. The summed E-state index contributed by atoms with van der Waals surface area (Å²) in [6, 6.07) is 1.11. The van der Waals surface area contributed by atoms with Gasteiger partial charge < -0.3 is 5.11 Å². The minimum Gasteiger partial charge on any atom is -0.395 e. The average Bonchev–Trinajstić information content (AvgIpc) is 3.19. The molecule has 19 heavy (non-hydrogen) atoms. The Labute approximate surface area is 113 Å². The molecule has 1 aromatic heterocycles. The number of hydrogen-bond acceptors (Lipinski definition) is 5. The Morgan fingerprint density at radius 1 is 1.16 bits per heavy atom. The predicted molar refractivity (Wildman–Crippen MR) is 70.5 cm³/mol. The van der Waals surface area contributed by atoms with Crippen LogP contribution in [0.25, 0.3) is 0 Å². The highest BCUT2D eigenvalue weighted by molar-refractivity contribution is 4.91. The fourth-order valence-corrected chi connectivity index (χ4v) is 3.07. The van der Waals surface area contributed by atoms with E-state index < -0.39 is 0 Å². The number of aliphatic hydroxyl groups excluding tert-OH is 1. The largest absolute Gasteiger partial charge is 0.395 e. The van der Waals surface area contributed by atoms with Crippen LogP contribution in [0.2, 0.25) is 0 Å². The van der Waals surface area contributed by atoms with Crippen LogP contribution in [-0.2, 0) is 6.54 Å². The lowest BCUT2D eigenvalue weighted by atomic mass is 9.94. The molecular weight excluding hydrogens is 242 g/mol. The van der Waals surface area contributed by atoms with Crippen molar-refractivity contribution < 1.29 is 5.11 Å². The number of nitrogens with zero attached hydrogens (tertiary/aromatic N) is 5. The molecule has 0 saturated heterocycles. The van der Waals surface area contributed by atoms with Crippen molar-refractivity contribution in [2.45, 2.75) is 63.6 Å². The van der Waals surface area contributed by atoms with Crippen molar-refractivity contribution in [3.05, 3.63) is 5.82 Å². The Morgan fingerprint density at radius 3 is 2.63 bits per heavy atom. The number of aromatic nitrogens is 4. The molecule has 0 atom stereocenters. The van der Waals surface area contributed by atoms with Crippen LogP contribution in [-0.4, -0.2) is 49.4 Å². The maximum Gasteiger partial charge on any atom is 0.165 e. The van der Waals surface area contributed by atoms with Crippen LogP contribution in [0.5, 0.6) is 0 Å². The molecule has 0 amide bonds. The molecule has 3 rings (SSSR count). The van der Waals surface area contributed by atoms with Gasteiger partial charge in [-0.25, -0.2) is 4.68 Å². The Bertz CT molecular complexity index is 397. The SMILES string of the molecule is OCCN(Cc1nnnn1C1CC1)C1CCCCC1. The lowest BCUT2D eigenvalue weighted by Gasteiger charge is -2.33. The van der Waals surface area contributed by atoms with Crippen LogP contribution in [0.1, 0.15) is 56.8 Å². The Balaban J connectivity index is 1.67. The van der Waals surface area contributed by atoms with E-state index in [1.807, 2.05) is 4.68 Å². The normalized spacial score (nSPS) is 21.2. The van der Waals surface area contributed by atoms with Crippen molar-refractivity contribution in [1.29, 1.82) is 0 Å². The Hall–Kier alpha value is -1.01. The van der Waals surface area contributed by atoms with Crippen LogP contribution in [0.15, 0.2) is 0 Å². The summed E-state index contributed by atoms with van der Waals surface area (Å²) in [5.74, 6) is 0.960. The van der Waals surface area contributed by atoms with Crippen molar-refractivity contribution in [2.24, 2.45) is 0 Å². The third-order valence-corrected chi connectivity index (χ3v) is 4.28. The van der Waals surface area contributed by atoms with Gasteiger partial charge in [0.25, 0.3) is 0 Å². The Morgan fingerprint density at radius 2 is 1.95 bits per heavy atom. The summed E-state index contributed by atoms with van der Waals surface area (Å²) in [5, 5.41) is 21.4. The van der Waals surface area contributed by atoms with Gasteiger partial charge in [0.15, 0.2) is 5.82 Å². The zero-order chi connectivity index (χ0) is 13.1. The highest BCUT2D eigenvalue weighted by Gasteiger charge is 2.29. The van der Waals surface area contributed by atoms with Gasteiger partial charge in [0.05, 0.1) is 19.2 Å². The topological polar surface area (TPSA) is 67.1 Å². The Kier molecular flexibility index (Phi) is 4.08. The standard InChI is InChI=1S/C13H23N5O/c19-9-8-17(11-4-2-1-3-5-11)10-13-14-15-16-18(13)12-6-7-12/h11-12,19H,1-10H2. The molecule has 2 saturated carbocycles. The lowest BCUT2D eigenvalue weighted by Crippen LogP contribution is -2.39. The summed E-state index contributed by atoms with van der Waals surface area (Å²) in [6.45, 7) is 1.71. The van der Waals surface area contributed by atoms with Crippen molar-refractivity contribution >= 4 is 0 Å². The molecule has 0 bridgehead atoms. The van der Waals surface area contributed by atoms with E-state index in [9.17, 15) is 5.11 Å². The molecule has 0 aromatic carbocycles. The first-order valence-electron chi connectivity index (χ1n) is 7.50. The number of hydrogen-bond donors (Lipinski definition) is 1. The summed E-state index contributed by atoms with van der Waals surface area (Å²) in [6.07, 6.45) is 8.84. The molecule has 2 fully saturated rings. The fraction of sp³-hybridized carbons (Fsp3) is 0.923. The first kappa shape index (κ1) is 13.0. The van der Waals surface area contributed by atoms with Crippen molar-refractivity contribution in [2.75, 3.05) is 13.2 Å². The first-order chi connectivity index (χ1) is 9.38. The summed E-state index contributed by atoms with van der Waals surface area (Å²) >= 11 is 0. The van der Waals surface area contributed by atoms with Crippen molar-refractivity contribution in [3.63, 3.8) is 0 Å². The average molecular weight is 265 g/mol. The van der Waals surface area contributed by atoms with Crippen LogP contribution in [0, 0.1) is 0 Å². The van der Waals surface area contributed by atoms with Crippen LogP contribution < -0.4 is 0 Å². The second kappa shape index (κ2) is 5.96.